The molecule has 1 aromatic carbocycles. The van der Waals surface area contributed by atoms with Crippen LogP contribution < -0.4 is 16.0 Å². The van der Waals surface area contributed by atoms with Gasteiger partial charge in [-0.1, -0.05) is 56.8 Å². The highest BCUT2D eigenvalue weighted by molar-refractivity contribution is 6.33. The molecule has 1 aliphatic carbocycles. The molecule has 1 saturated heterocycles. The molecule has 0 spiro atoms. The van der Waals surface area contributed by atoms with Crippen LogP contribution >= 0.6 is 11.6 Å². The summed E-state index contributed by atoms with van der Waals surface area (Å²) in [7, 11) is 0. The van der Waals surface area contributed by atoms with E-state index in [9.17, 15) is 14.4 Å². The number of hydrogen-bond donors (Lipinski definition) is 3. The van der Waals surface area contributed by atoms with Crippen LogP contribution in [0, 0.1) is 5.92 Å². The summed E-state index contributed by atoms with van der Waals surface area (Å²) in [6.45, 7) is 5.02. The number of benzene rings is 1. The molecule has 1 heterocycles. The number of carbonyl (C=O) groups excluding carboxylic acids is 3. The Labute approximate surface area is 195 Å². The molecule has 1 unspecified atom stereocenters. The molecular formula is C24H35ClN4O3. The fourth-order valence-corrected chi connectivity index (χ4v) is 4.65. The average Bonchev–Trinajstić information content (AvgIpc) is 2.78. The zero-order chi connectivity index (χ0) is 23.1. The minimum absolute atomic E-state index is 0.00809. The van der Waals surface area contributed by atoms with E-state index in [0.29, 0.717) is 42.6 Å². The van der Waals surface area contributed by atoms with E-state index >= 15 is 0 Å². The Morgan fingerprint density at radius 1 is 0.938 bits per heavy atom. The smallest absolute Gasteiger partial charge is 0.317 e. The zero-order valence-electron chi connectivity index (χ0n) is 19.0. The van der Waals surface area contributed by atoms with Crippen molar-refractivity contribution in [2.24, 2.45) is 5.92 Å². The second-order valence-corrected chi connectivity index (χ2v) is 9.64. The summed E-state index contributed by atoms with van der Waals surface area (Å²) >= 11 is 6.12. The number of carbonyl (C=O) groups is 3. The molecule has 0 aromatic heterocycles. The maximum absolute atomic E-state index is 12.9. The second kappa shape index (κ2) is 11.5. The van der Waals surface area contributed by atoms with E-state index in [4.69, 9.17) is 11.6 Å². The predicted molar refractivity (Wildman–Crippen MR) is 126 cm³/mol. The van der Waals surface area contributed by atoms with E-state index in [1.807, 2.05) is 18.7 Å². The van der Waals surface area contributed by atoms with Crippen LogP contribution in [-0.2, 0) is 4.79 Å². The highest BCUT2D eigenvalue weighted by Gasteiger charge is 2.30. The Balaban J connectivity index is 1.48. The van der Waals surface area contributed by atoms with Gasteiger partial charge in [-0.3, -0.25) is 9.59 Å². The number of halogens is 1. The van der Waals surface area contributed by atoms with Gasteiger partial charge >= 0.3 is 6.03 Å². The van der Waals surface area contributed by atoms with Crippen molar-refractivity contribution in [2.45, 2.75) is 76.9 Å². The largest absolute Gasteiger partial charge is 0.351 e. The summed E-state index contributed by atoms with van der Waals surface area (Å²) in [5.74, 6) is -0.646. The van der Waals surface area contributed by atoms with Crippen LogP contribution in [0.25, 0.3) is 0 Å². The fraction of sp³-hybridized carbons (Fsp3) is 0.625. The Hall–Kier alpha value is -2.28. The van der Waals surface area contributed by atoms with Gasteiger partial charge < -0.3 is 20.9 Å². The molecule has 0 bridgehead atoms. The normalized spacial score (nSPS) is 18.8. The molecule has 0 radical (unpaired) electrons. The van der Waals surface area contributed by atoms with Gasteiger partial charge in [0.1, 0.15) is 6.04 Å². The molecule has 3 N–H and O–H groups in total. The minimum Gasteiger partial charge on any atom is -0.351 e. The Morgan fingerprint density at radius 3 is 2.19 bits per heavy atom. The van der Waals surface area contributed by atoms with E-state index in [0.717, 1.165) is 12.8 Å². The standard InChI is InChI=1S/C24H35ClN4O3/c1-16(2)21(28-22(30)19-10-6-7-11-20(19)25)23(31)26-18-12-14-29(15-13-18)24(32)27-17-8-4-3-5-9-17/h6-7,10-11,16-18,21H,3-5,8-9,12-15H2,1-2H3,(H,26,31)(H,27,32)(H,28,30). The second-order valence-electron chi connectivity index (χ2n) is 9.23. The van der Waals surface area contributed by atoms with E-state index in [1.54, 1.807) is 24.3 Å². The first-order chi connectivity index (χ1) is 15.3. The molecule has 2 fully saturated rings. The summed E-state index contributed by atoms with van der Waals surface area (Å²) in [4.78, 5) is 40.0. The topological polar surface area (TPSA) is 90.5 Å². The molecule has 1 saturated carbocycles. The molecule has 2 aliphatic rings. The quantitative estimate of drug-likeness (QED) is 0.601. The Bertz CT molecular complexity index is 802. The summed E-state index contributed by atoms with van der Waals surface area (Å²) in [5, 5.41) is 9.41. The van der Waals surface area contributed by atoms with Gasteiger partial charge in [0.2, 0.25) is 5.91 Å². The zero-order valence-corrected chi connectivity index (χ0v) is 19.8. The number of urea groups is 1. The molecular weight excluding hydrogens is 428 g/mol. The van der Waals surface area contributed by atoms with Crippen molar-refractivity contribution in [3.8, 4) is 0 Å². The van der Waals surface area contributed by atoms with E-state index < -0.39 is 6.04 Å². The molecule has 1 aromatic rings. The molecule has 1 atom stereocenters. The lowest BCUT2D eigenvalue weighted by Crippen LogP contribution is -2.55. The van der Waals surface area contributed by atoms with E-state index in [2.05, 4.69) is 16.0 Å². The van der Waals surface area contributed by atoms with Gasteiger partial charge in [-0.15, -0.1) is 0 Å². The maximum atomic E-state index is 12.9. The van der Waals surface area contributed by atoms with Crippen LogP contribution in [0.4, 0.5) is 4.79 Å². The van der Waals surface area contributed by atoms with Gasteiger partial charge in [0.15, 0.2) is 0 Å². The number of nitrogens with zero attached hydrogens (tertiary/aromatic N) is 1. The van der Waals surface area contributed by atoms with E-state index in [1.165, 1.54) is 19.3 Å². The SMILES string of the molecule is CC(C)C(NC(=O)c1ccccc1Cl)C(=O)NC1CCN(C(=O)NC2CCCCC2)CC1. The molecule has 1 aliphatic heterocycles. The summed E-state index contributed by atoms with van der Waals surface area (Å²) in [5.41, 5.74) is 0.352. The van der Waals surface area contributed by atoms with Crippen molar-refractivity contribution in [3.05, 3.63) is 34.9 Å². The molecule has 8 heteroatoms. The van der Waals surface area contributed by atoms with Crippen molar-refractivity contribution >= 4 is 29.4 Å². The Morgan fingerprint density at radius 2 is 1.56 bits per heavy atom. The van der Waals surface area contributed by atoms with Crippen molar-refractivity contribution in [3.63, 3.8) is 0 Å². The number of amides is 4. The average molecular weight is 463 g/mol. The molecule has 4 amide bonds. The number of rotatable bonds is 6. The highest BCUT2D eigenvalue weighted by Crippen LogP contribution is 2.19. The molecule has 7 nitrogen and oxygen atoms in total. The number of piperidine rings is 1. The van der Waals surface area contributed by atoms with Gasteiger partial charge in [-0.2, -0.15) is 0 Å². The van der Waals surface area contributed by atoms with Crippen molar-refractivity contribution in [2.75, 3.05) is 13.1 Å². The van der Waals surface area contributed by atoms with Crippen molar-refractivity contribution in [1.82, 2.24) is 20.9 Å². The third-order valence-corrected chi connectivity index (χ3v) is 6.75. The minimum atomic E-state index is -0.661. The lowest BCUT2D eigenvalue weighted by Gasteiger charge is -2.35. The molecule has 32 heavy (non-hydrogen) atoms. The third-order valence-electron chi connectivity index (χ3n) is 6.42. The van der Waals surface area contributed by atoms with Crippen LogP contribution in [0.1, 0.15) is 69.2 Å². The molecule has 176 valence electrons. The maximum Gasteiger partial charge on any atom is 0.317 e. The van der Waals surface area contributed by atoms with Gasteiger partial charge in [-0.05, 0) is 43.7 Å². The monoisotopic (exact) mass is 462 g/mol. The first-order valence-corrected chi connectivity index (χ1v) is 12.1. The van der Waals surface area contributed by atoms with Crippen molar-refractivity contribution < 1.29 is 14.4 Å². The first-order valence-electron chi connectivity index (χ1n) is 11.8. The van der Waals surface area contributed by atoms with Crippen LogP contribution in [0.5, 0.6) is 0 Å². The van der Waals surface area contributed by atoms with Gasteiger partial charge in [0.25, 0.3) is 5.91 Å². The van der Waals surface area contributed by atoms with Crippen LogP contribution in [0.3, 0.4) is 0 Å². The Kier molecular flexibility index (Phi) is 8.79. The summed E-state index contributed by atoms with van der Waals surface area (Å²) in [6, 6.07) is 6.42. The molecule has 3 rings (SSSR count). The van der Waals surface area contributed by atoms with Crippen LogP contribution in [-0.4, -0.2) is 54.0 Å². The lowest BCUT2D eigenvalue weighted by molar-refractivity contribution is -0.124. The van der Waals surface area contributed by atoms with Crippen molar-refractivity contribution in [1.29, 1.82) is 0 Å². The van der Waals surface area contributed by atoms with Crippen LogP contribution in [0.15, 0.2) is 24.3 Å². The van der Waals surface area contributed by atoms with Gasteiger partial charge in [-0.25, -0.2) is 4.79 Å². The summed E-state index contributed by atoms with van der Waals surface area (Å²) in [6.07, 6.45) is 7.16. The first kappa shape index (κ1) is 24.4. The summed E-state index contributed by atoms with van der Waals surface area (Å²) < 4.78 is 0. The number of hydrogen-bond acceptors (Lipinski definition) is 3. The third kappa shape index (κ3) is 6.61. The van der Waals surface area contributed by atoms with E-state index in [-0.39, 0.29) is 29.8 Å². The number of nitrogens with one attached hydrogen (secondary N) is 3. The number of likely N-dealkylation sites (tertiary alicyclic amines) is 1. The lowest BCUT2D eigenvalue weighted by atomic mass is 9.95. The van der Waals surface area contributed by atoms with Gasteiger partial charge in [0.05, 0.1) is 10.6 Å². The van der Waals surface area contributed by atoms with Crippen LogP contribution in [0.2, 0.25) is 5.02 Å². The van der Waals surface area contributed by atoms with Gasteiger partial charge in [0, 0.05) is 25.2 Å². The predicted octanol–water partition coefficient (Wildman–Crippen LogP) is 3.72. The highest BCUT2D eigenvalue weighted by atomic mass is 35.5. The fourth-order valence-electron chi connectivity index (χ4n) is 4.43.